The fraction of sp³-hybridized carbons (Fsp3) is 0.400. The monoisotopic (exact) mass is 384 g/mol. The quantitative estimate of drug-likeness (QED) is 0.870. The summed E-state index contributed by atoms with van der Waals surface area (Å²) < 4.78 is 0.988. The lowest BCUT2D eigenvalue weighted by Gasteiger charge is -2.32. The molecule has 1 aliphatic rings. The second-order valence-electron chi connectivity index (χ2n) is 5.25. The molecule has 3 nitrogen and oxygen atoms in total. The number of fused-ring (bicyclic) bond motifs is 1. The number of rotatable bonds is 4. The molecule has 2 aromatic rings. The van der Waals surface area contributed by atoms with Crippen molar-refractivity contribution in [2.45, 2.75) is 25.9 Å². The molecule has 0 radical (unpaired) electrons. The summed E-state index contributed by atoms with van der Waals surface area (Å²) in [6.45, 7) is 4.95. The highest BCUT2D eigenvalue weighted by molar-refractivity contribution is 9.11. The van der Waals surface area contributed by atoms with Gasteiger partial charge in [-0.2, -0.15) is 0 Å². The Kier molecular flexibility index (Phi) is 4.78. The summed E-state index contributed by atoms with van der Waals surface area (Å²) in [5.41, 5.74) is 1.45. The molecule has 0 aromatic carbocycles. The number of thiophene rings is 2. The van der Waals surface area contributed by atoms with Gasteiger partial charge in [0.25, 0.3) is 5.91 Å². The molecule has 1 N–H and O–H groups in total. The van der Waals surface area contributed by atoms with Crippen molar-refractivity contribution in [2.24, 2.45) is 0 Å². The molecule has 1 aliphatic heterocycles. The summed E-state index contributed by atoms with van der Waals surface area (Å²) in [5, 5.41) is 5.21. The molecule has 1 atom stereocenters. The number of hydrogen-bond donors (Lipinski definition) is 1. The maximum absolute atomic E-state index is 12.1. The van der Waals surface area contributed by atoms with E-state index in [0.717, 1.165) is 28.2 Å². The Bertz CT molecular complexity index is 637. The number of hydrogen-bond acceptors (Lipinski definition) is 4. The van der Waals surface area contributed by atoms with Crippen LogP contribution in [0.4, 0.5) is 0 Å². The minimum atomic E-state index is 0.0192. The topological polar surface area (TPSA) is 32.3 Å². The summed E-state index contributed by atoms with van der Waals surface area (Å²) in [6, 6.07) is 6.34. The van der Waals surface area contributed by atoms with E-state index in [1.54, 1.807) is 0 Å². The molecular weight excluding hydrogens is 368 g/mol. The Hall–Kier alpha value is -0.690. The fourth-order valence-electron chi connectivity index (χ4n) is 2.54. The van der Waals surface area contributed by atoms with Gasteiger partial charge in [-0.15, -0.1) is 22.7 Å². The SMILES string of the molecule is C[C@H](CNC(=O)c1ccc(Br)s1)N1CCc2sccc2C1. The molecule has 0 unspecified atom stereocenters. The number of carbonyl (C=O) groups excluding carboxylic acids is 1. The highest BCUT2D eigenvalue weighted by atomic mass is 79.9. The molecule has 0 fully saturated rings. The minimum Gasteiger partial charge on any atom is -0.350 e. The number of amides is 1. The zero-order chi connectivity index (χ0) is 14.8. The van der Waals surface area contributed by atoms with E-state index in [2.05, 4.69) is 44.5 Å². The van der Waals surface area contributed by atoms with Crippen LogP contribution in [-0.4, -0.2) is 29.9 Å². The second-order valence-corrected chi connectivity index (χ2v) is 8.72. The third kappa shape index (κ3) is 3.56. The van der Waals surface area contributed by atoms with Gasteiger partial charge in [-0.1, -0.05) is 0 Å². The van der Waals surface area contributed by atoms with E-state index in [-0.39, 0.29) is 5.91 Å². The third-order valence-corrected chi connectivity index (χ3v) is 6.46. The maximum atomic E-state index is 12.1. The highest BCUT2D eigenvalue weighted by Crippen LogP contribution is 2.25. The van der Waals surface area contributed by atoms with Crippen LogP contribution in [0.3, 0.4) is 0 Å². The Morgan fingerprint density at radius 2 is 2.33 bits per heavy atom. The molecular formula is C15H17BrN2OS2. The van der Waals surface area contributed by atoms with Gasteiger partial charge in [-0.3, -0.25) is 9.69 Å². The van der Waals surface area contributed by atoms with Crippen molar-refractivity contribution in [3.05, 3.63) is 42.7 Å². The first kappa shape index (κ1) is 15.2. The Morgan fingerprint density at radius 3 is 3.10 bits per heavy atom. The van der Waals surface area contributed by atoms with Crippen molar-refractivity contribution >= 4 is 44.5 Å². The minimum absolute atomic E-state index is 0.0192. The van der Waals surface area contributed by atoms with Crippen molar-refractivity contribution in [1.82, 2.24) is 10.2 Å². The first-order valence-corrected chi connectivity index (χ1v) is 9.45. The van der Waals surface area contributed by atoms with Gasteiger partial charge < -0.3 is 5.32 Å². The van der Waals surface area contributed by atoms with E-state index < -0.39 is 0 Å². The Morgan fingerprint density at radius 1 is 1.48 bits per heavy atom. The van der Waals surface area contributed by atoms with E-state index >= 15 is 0 Å². The zero-order valence-electron chi connectivity index (χ0n) is 11.8. The zero-order valence-corrected chi connectivity index (χ0v) is 15.0. The van der Waals surface area contributed by atoms with Crippen LogP contribution in [0.15, 0.2) is 27.4 Å². The molecule has 0 saturated carbocycles. The summed E-state index contributed by atoms with van der Waals surface area (Å²) in [5.74, 6) is 0.0192. The van der Waals surface area contributed by atoms with Gasteiger partial charge in [0, 0.05) is 30.6 Å². The van der Waals surface area contributed by atoms with Crippen LogP contribution in [0.5, 0.6) is 0 Å². The summed E-state index contributed by atoms with van der Waals surface area (Å²) in [4.78, 5) is 16.8. The molecule has 3 rings (SSSR count). The smallest absolute Gasteiger partial charge is 0.261 e. The number of nitrogens with one attached hydrogen (secondary N) is 1. The van der Waals surface area contributed by atoms with Gasteiger partial charge in [0.05, 0.1) is 8.66 Å². The van der Waals surface area contributed by atoms with Crippen LogP contribution in [0, 0.1) is 0 Å². The van der Waals surface area contributed by atoms with Gasteiger partial charge in [-0.05, 0) is 58.4 Å². The van der Waals surface area contributed by atoms with E-state index in [1.165, 1.54) is 21.8 Å². The maximum Gasteiger partial charge on any atom is 0.261 e. The molecule has 6 heteroatoms. The number of nitrogens with zero attached hydrogens (tertiary/aromatic N) is 1. The molecule has 3 heterocycles. The van der Waals surface area contributed by atoms with Crippen LogP contribution < -0.4 is 5.32 Å². The van der Waals surface area contributed by atoms with Crippen molar-refractivity contribution in [1.29, 1.82) is 0 Å². The molecule has 112 valence electrons. The Balaban J connectivity index is 1.53. The second kappa shape index (κ2) is 6.60. The van der Waals surface area contributed by atoms with Crippen LogP contribution in [-0.2, 0) is 13.0 Å². The average Bonchev–Trinajstić information content (AvgIpc) is 3.12. The summed E-state index contributed by atoms with van der Waals surface area (Å²) >= 11 is 6.71. The molecule has 0 saturated heterocycles. The van der Waals surface area contributed by atoms with Crippen molar-refractivity contribution < 1.29 is 4.79 Å². The van der Waals surface area contributed by atoms with Gasteiger partial charge in [0.15, 0.2) is 0 Å². The predicted molar refractivity (Wildman–Crippen MR) is 92.2 cm³/mol. The summed E-state index contributed by atoms with van der Waals surface area (Å²) in [7, 11) is 0. The van der Waals surface area contributed by atoms with Crippen molar-refractivity contribution in [3.8, 4) is 0 Å². The first-order chi connectivity index (χ1) is 10.1. The lowest BCUT2D eigenvalue weighted by molar-refractivity contribution is 0.0937. The summed E-state index contributed by atoms with van der Waals surface area (Å²) in [6.07, 6.45) is 1.13. The van der Waals surface area contributed by atoms with E-state index in [0.29, 0.717) is 12.6 Å². The first-order valence-electron chi connectivity index (χ1n) is 6.96. The van der Waals surface area contributed by atoms with Crippen molar-refractivity contribution in [2.75, 3.05) is 13.1 Å². The number of halogens is 1. The largest absolute Gasteiger partial charge is 0.350 e. The van der Waals surface area contributed by atoms with Gasteiger partial charge >= 0.3 is 0 Å². The molecule has 1 amide bonds. The molecule has 2 aromatic heterocycles. The van der Waals surface area contributed by atoms with Crippen LogP contribution in [0.1, 0.15) is 27.0 Å². The van der Waals surface area contributed by atoms with Gasteiger partial charge in [0.1, 0.15) is 0 Å². The van der Waals surface area contributed by atoms with Gasteiger partial charge in [0.2, 0.25) is 0 Å². The van der Waals surface area contributed by atoms with Crippen molar-refractivity contribution in [3.63, 3.8) is 0 Å². The van der Waals surface area contributed by atoms with E-state index in [1.807, 2.05) is 23.5 Å². The molecule has 0 spiro atoms. The predicted octanol–water partition coefficient (Wildman–Crippen LogP) is 3.75. The lowest BCUT2D eigenvalue weighted by atomic mass is 10.1. The van der Waals surface area contributed by atoms with Crippen LogP contribution >= 0.6 is 38.6 Å². The average molecular weight is 385 g/mol. The van der Waals surface area contributed by atoms with Crippen LogP contribution in [0.2, 0.25) is 0 Å². The fourth-order valence-corrected chi connectivity index (χ4v) is 4.73. The molecule has 0 aliphatic carbocycles. The van der Waals surface area contributed by atoms with Crippen LogP contribution in [0.25, 0.3) is 0 Å². The molecule has 0 bridgehead atoms. The van der Waals surface area contributed by atoms with E-state index in [9.17, 15) is 4.79 Å². The Labute approximate surface area is 141 Å². The standard InChI is InChI=1S/C15H17BrN2OS2/c1-10(8-17-15(19)13-2-3-14(16)21-13)18-6-4-12-11(9-18)5-7-20-12/h2-3,5,7,10H,4,6,8-9H2,1H3,(H,17,19)/t10-/m1/s1. The molecule has 21 heavy (non-hydrogen) atoms. The number of carbonyl (C=O) groups is 1. The lowest BCUT2D eigenvalue weighted by Crippen LogP contribution is -2.44. The third-order valence-electron chi connectivity index (χ3n) is 3.82. The van der Waals surface area contributed by atoms with Gasteiger partial charge in [-0.25, -0.2) is 0 Å². The van der Waals surface area contributed by atoms with E-state index in [4.69, 9.17) is 0 Å². The normalized spacial score (nSPS) is 16.5. The highest BCUT2D eigenvalue weighted by Gasteiger charge is 2.21.